The molecule has 0 radical (unpaired) electrons. The van der Waals surface area contributed by atoms with Gasteiger partial charge in [0.2, 0.25) is 5.88 Å². The van der Waals surface area contributed by atoms with Crippen molar-refractivity contribution in [2.75, 3.05) is 7.11 Å². The van der Waals surface area contributed by atoms with Crippen LogP contribution in [0.5, 0.6) is 5.88 Å². The molecule has 0 aliphatic carbocycles. The zero-order valence-electron chi connectivity index (χ0n) is 10.5. The number of aromatic nitrogens is 5. The van der Waals surface area contributed by atoms with Crippen molar-refractivity contribution in [3.63, 3.8) is 0 Å². The predicted octanol–water partition coefficient (Wildman–Crippen LogP) is 1.45. The van der Waals surface area contributed by atoms with Crippen LogP contribution in [0.1, 0.15) is 5.56 Å². The Morgan fingerprint density at radius 2 is 2.00 bits per heavy atom. The van der Waals surface area contributed by atoms with Gasteiger partial charge in [-0.15, -0.1) is 0 Å². The number of aryl methyl sites for hydroxylation is 2. The van der Waals surface area contributed by atoms with Gasteiger partial charge in [-0.05, 0) is 6.92 Å². The van der Waals surface area contributed by atoms with Gasteiger partial charge in [-0.2, -0.15) is 10.2 Å². The minimum absolute atomic E-state index is 0.575. The normalized spacial score (nSPS) is 11.1. The lowest BCUT2D eigenvalue weighted by Crippen LogP contribution is -1.97. The summed E-state index contributed by atoms with van der Waals surface area (Å²) >= 11 is 0. The van der Waals surface area contributed by atoms with Gasteiger partial charge in [0, 0.05) is 24.4 Å². The van der Waals surface area contributed by atoms with Gasteiger partial charge in [0.15, 0.2) is 0 Å². The predicted molar refractivity (Wildman–Crippen MR) is 66.5 cm³/mol. The highest BCUT2D eigenvalue weighted by Crippen LogP contribution is 2.25. The van der Waals surface area contributed by atoms with Gasteiger partial charge < -0.3 is 4.74 Å². The second-order valence-electron chi connectivity index (χ2n) is 4.16. The number of nitrogens with zero attached hydrogens (tertiary/aromatic N) is 5. The molecule has 0 aromatic carbocycles. The Labute approximate surface area is 104 Å². The highest BCUT2D eigenvalue weighted by atomic mass is 16.5. The maximum atomic E-state index is 5.34. The van der Waals surface area contributed by atoms with Crippen LogP contribution in [0, 0.1) is 6.92 Å². The van der Waals surface area contributed by atoms with E-state index in [0.717, 1.165) is 22.3 Å². The minimum Gasteiger partial charge on any atom is -0.479 e. The fraction of sp³-hybridized carbons (Fsp3) is 0.250. The van der Waals surface area contributed by atoms with Crippen molar-refractivity contribution in [2.45, 2.75) is 6.92 Å². The van der Waals surface area contributed by atoms with Crippen LogP contribution in [0.2, 0.25) is 0 Å². The summed E-state index contributed by atoms with van der Waals surface area (Å²) in [6.07, 6.45) is 7.35. The zero-order chi connectivity index (χ0) is 12.7. The standard InChI is InChI=1S/C12H13N5O/c1-8-4-14-17-7-10(9-5-13-16(2)6-9)15-12(18-3)11(8)17/h4-7H,1-3H3. The Morgan fingerprint density at radius 1 is 1.17 bits per heavy atom. The monoisotopic (exact) mass is 243 g/mol. The molecule has 3 aromatic rings. The molecule has 0 aliphatic rings. The summed E-state index contributed by atoms with van der Waals surface area (Å²) in [6, 6.07) is 0. The van der Waals surface area contributed by atoms with Crippen LogP contribution in [0.4, 0.5) is 0 Å². The molecular weight excluding hydrogens is 230 g/mol. The molecule has 0 fully saturated rings. The lowest BCUT2D eigenvalue weighted by molar-refractivity contribution is 0.401. The van der Waals surface area contributed by atoms with E-state index >= 15 is 0 Å². The molecule has 0 spiro atoms. The molecule has 3 rings (SSSR count). The molecule has 0 amide bonds. The zero-order valence-corrected chi connectivity index (χ0v) is 10.5. The topological polar surface area (TPSA) is 57.2 Å². The van der Waals surface area contributed by atoms with Crippen molar-refractivity contribution < 1.29 is 4.74 Å². The third-order valence-corrected chi connectivity index (χ3v) is 2.84. The van der Waals surface area contributed by atoms with E-state index in [1.54, 1.807) is 28.7 Å². The summed E-state index contributed by atoms with van der Waals surface area (Å²) in [5, 5.41) is 8.43. The minimum atomic E-state index is 0.575. The van der Waals surface area contributed by atoms with Gasteiger partial charge >= 0.3 is 0 Å². The Kier molecular flexibility index (Phi) is 2.29. The van der Waals surface area contributed by atoms with E-state index in [2.05, 4.69) is 15.2 Å². The smallest absolute Gasteiger partial charge is 0.240 e. The fourth-order valence-electron chi connectivity index (χ4n) is 1.95. The van der Waals surface area contributed by atoms with Crippen LogP contribution in [0.3, 0.4) is 0 Å². The van der Waals surface area contributed by atoms with E-state index in [0.29, 0.717) is 5.88 Å². The summed E-state index contributed by atoms with van der Waals surface area (Å²) in [4.78, 5) is 4.50. The Hall–Kier alpha value is -2.37. The van der Waals surface area contributed by atoms with Gasteiger partial charge in [0.25, 0.3) is 0 Å². The van der Waals surface area contributed by atoms with E-state index < -0.39 is 0 Å². The molecule has 0 saturated carbocycles. The van der Waals surface area contributed by atoms with E-state index in [4.69, 9.17) is 4.74 Å². The maximum Gasteiger partial charge on any atom is 0.240 e. The van der Waals surface area contributed by atoms with Crippen LogP contribution in [0.25, 0.3) is 16.8 Å². The summed E-state index contributed by atoms with van der Waals surface area (Å²) < 4.78 is 8.86. The number of methoxy groups -OCH3 is 1. The molecule has 3 heterocycles. The third kappa shape index (κ3) is 1.54. The third-order valence-electron chi connectivity index (χ3n) is 2.84. The fourth-order valence-corrected chi connectivity index (χ4v) is 1.95. The van der Waals surface area contributed by atoms with E-state index in [-0.39, 0.29) is 0 Å². The van der Waals surface area contributed by atoms with Crippen molar-refractivity contribution in [1.82, 2.24) is 24.4 Å². The summed E-state index contributed by atoms with van der Waals surface area (Å²) in [5.41, 5.74) is 3.66. The van der Waals surface area contributed by atoms with Crippen molar-refractivity contribution in [2.24, 2.45) is 7.05 Å². The molecule has 6 nitrogen and oxygen atoms in total. The maximum absolute atomic E-state index is 5.34. The van der Waals surface area contributed by atoms with Crippen molar-refractivity contribution in [1.29, 1.82) is 0 Å². The molecule has 0 saturated heterocycles. The molecule has 0 N–H and O–H groups in total. The Balaban J connectivity index is 2.26. The lowest BCUT2D eigenvalue weighted by atomic mass is 10.2. The van der Waals surface area contributed by atoms with Crippen LogP contribution >= 0.6 is 0 Å². The molecule has 0 atom stereocenters. The molecular formula is C12H13N5O. The van der Waals surface area contributed by atoms with Crippen LogP contribution in [0.15, 0.2) is 24.8 Å². The highest BCUT2D eigenvalue weighted by molar-refractivity contribution is 5.66. The second kappa shape index (κ2) is 3.83. The van der Waals surface area contributed by atoms with Crippen molar-refractivity contribution in [3.05, 3.63) is 30.4 Å². The number of ether oxygens (including phenoxy) is 1. The average Bonchev–Trinajstić information content (AvgIpc) is 2.95. The first-order valence-electron chi connectivity index (χ1n) is 5.57. The van der Waals surface area contributed by atoms with Gasteiger partial charge in [-0.25, -0.2) is 9.50 Å². The van der Waals surface area contributed by atoms with Gasteiger partial charge in [0.05, 0.1) is 31.4 Å². The molecule has 92 valence electrons. The first-order chi connectivity index (χ1) is 8.69. The van der Waals surface area contributed by atoms with E-state index in [1.165, 1.54) is 0 Å². The number of rotatable bonds is 2. The van der Waals surface area contributed by atoms with E-state index in [1.807, 2.05) is 26.4 Å². The molecule has 0 bridgehead atoms. The second-order valence-corrected chi connectivity index (χ2v) is 4.16. The molecule has 6 heteroatoms. The van der Waals surface area contributed by atoms with Crippen LogP contribution in [-0.2, 0) is 7.05 Å². The summed E-state index contributed by atoms with van der Waals surface area (Å²) in [5.74, 6) is 0.575. The first kappa shape index (κ1) is 10.8. The Bertz CT molecular complexity index is 712. The van der Waals surface area contributed by atoms with Gasteiger partial charge in [-0.1, -0.05) is 0 Å². The summed E-state index contributed by atoms with van der Waals surface area (Å²) in [6.45, 7) is 1.98. The first-order valence-corrected chi connectivity index (χ1v) is 5.57. The van der Waals surface area contributed by atoms with Crippen LogP contribution < -0.4 is 4.74 Å². The number of hydrogen-bond donors (Lipinski definition) is 0. The van der Waals surface area contributed by atoms with E-state index in [9.17, 15) is 0 Å². The molecule has 18 heavy (non-hydrogen) atoms. The van der Waals surface area contributed by atoms with Crippen molar-refractivity contribution in [3.8, 4) is 17.1 Å². The molecule has 0 aliphatic heterocycles. The Morgan fingerprint density at radius 3 is 2.67 bits per heavy atom. The van der Waals surface area contributed by atoms with Gasteiger partial charge in [0.1, 0.15) is 5.52 Å². The van der Waals surface area contributed by atoms with Crippen molar-refractivity contribution >= 4 is 5.52 Å². The number of fused-ring (bicyclic) bond motifs is 1. The number of hydrogen-bond acceptors (Lipinski definition) is 4. The SMILES string of the molecule is COc1nc(-c2cnn(C)c2)cn2ncc(C)c12. The average molecular weight is 243 g/mol. The lowest BCUT2D eigenvalue weighted by Gasteiger charge is -2.05. The molecule has 0 unspecified atom stereocenters. The highest BCUT2D eigenvalue weighted by Gasteiger charge is 2.12. The van der Waals surface area contributed by atoms with Gasteiger partial charge in [-0.3, -0.25) is 4.68 Å². The largest absolute Gasteiger partial charge is 0.479 e. The molecule has 3 aromatic heterocycles. The summed E-state index contributed by atoms with van der Waals surface area (Å²) in [7, 11) is 3.49. The quantitative estimate of drug-likeness (QED) is 0.683. The van der Waals surface area contributed by atoms with Crippen LogP contribution in [-0.4, -0.2) is 31.5 Å².